The van der Waals surface area contributed by atoms with Gasteiger partial charge in [-0.05, 0) is 41.3 Å². The number of carbonyl (C=O) groups excluding carboxylic acids is 3. The van der Waals surface area contributed by atoms with E-state index < -0.39 is 35.6 Å². The Kier molecular flexibility index (Phi) is 9.35. The van der Waals surface area contributed by atoms with Crippen LogP contribution in [0.4, 0.5) is 13.2 Å². The number of nitrogens with zero attached hydrogens (tertiary/aromatic N) is 2. The molecule has 0 saturated carbocycles. The molecule has 0 bridgehead atoms. The molecule has 266 valence electrons. The molecule has 2 heterocycles. The summed E-state index contributed by atoms with van der Waals surface area (Å²) in [6, 6.07) is 27.3. The largest absolute Gasteiger partial charge is 0.490 e. The van der Waals surface area contributed by atoms with Crippen LogP contribution >= 0.6 is 0 Å². The van der Waals surface area contributed by atoms with E-state index in [1.165, 1.54) is 24.2 Å². The molecular weight excluding hydrogens is 673 g/mol. The van der Waals surface area contributed by atoms with Crippen LogP contribution in [0.3, 0.4) is 0 Å². The Morgan fingerprint density at radius 3 is 1.92 bits per heavy atom. The van der Waals surface area contributed by atoms with E-state index in [1.807, 2.05) is 60.7 Å². The second-order valence-electron chi connectivity index (χ2n) is 12.9. The first-order valence-corrected chi connectivity index (χ1v) is 16.8. The molecule has 2 amide bonds. The standard InChI is InChI=1S/C41H35F3N2O6/c1-50-35-33(51-25-28-13-7-3-8-14-28)24-31-34(36(35)52-26-29-15-9-4-10-16-29)40(19-17-30(47)18-20-40)21-22-45-37(31)46(39(49)41(42,43)44)32(38(45)48)23-27-11-5-2-6-12-27/h2-20,24,32,37H,21-23,25-26H2,1H3/t32-,37?/m1/s1. The van der Waals surface area contributed by atoms with Gasteiger partial charge in [-0.15, -0.1) is 0 Å². The van der Waals surface area contributed by atoms with Crippen LogP contribution in [0.5, 0.6) is 17.2 Å². The number of halogens is 3. The first-order chi connectivity index (χ1) is 25.1. The average molecular weight is 709 g/mol. The molecule has 11 heteroatoms. The van der Waals surface area contributed by atoms with E-state index in [9.17, 15) is 27.6 Å². The molecule has 1 saturated heterocycles. The van der Waals surface area contributed by atoms with E-state index in [-0.39, 0.29) is 61.2 Å². The topological polar surface area (TPSA) is 85.4 Å². The Bertz CT molecular complexity index is 2020. The van der Waals surface area contributed by atoms with E-state index in [2.05, 4.69) is 0 Å². The van der Waals surface area contributed by atoms with E-state index in [0.29, 0.717) is 16.0 Å². The Labute approximate surface area is 298 Å². The lowest BCUT2D eigenvalue weighted by Crippen LogP contribution is -2.47. The number of carbonyl (C=O) groups is 3. The molecule has 1 aliphatic carbocycles. The maximum atomic E-state index is 14.6. The van der Waals surface area contributed by atoms with Crippen molar-refractivity contribution in [2.24, 2.45) is 0 Å². The highest BCUT2D eigenvalue weighted by atomic mass is 19.4. The lowest BCUT2D eigenvalue weighted by Gasteiger charge is -2.35. The summed E-state index contributed by atoms with van der Waals surface area (Å²) in [7, 11) is 1.44. The molecule has 2 aliphatic heterocycles. The number of ketones is 1. The zero-order chi connectivity index (χ0) is 36.5. The summed E-state index contributed by atoms with van der Waals surface area (Å²) in [4.78, 5) is 42.4. The lowest BCUT2D eigenvalue weighted by atomic mass is 9.72. The predicted octanol–water partition coefficient (Wildman–Crippen LogP) is 7.03. The van der Waals surface area contributed by atoms with E-state index in [0.717, 1.165) is 11.1 Å². The van der Waals surface area contributed by atoms with Crippen LogP contribution in [0.15, 0.2) is 121 Å². The van der Waals surface area contributed by atoms with Crippen LogP contribution in [0.25, 0.3) is 0 Å². The minimum absolute atomic E-state index is 0.0331. The summed E-state index contributed by atoms with van der Waals surface area (Å²) in [5, 5.41) is 0. The van der Waals surface area contributed by atoms with Crippen molar-refractivity contribution in [2.75, 3.05) is 13.7 Å². The fraction of sp³-hybridized carbons (Fsp3) is 0.244. The normalized spacial score (nSPS) is 18.9. The molecule has 2 atom stereocenters. The van der Waals surface area contributed by atoms with Gasteiger partial charge in [-0.2, -0.15) is 13.2 Å². The summed E-state index contributed by atoms with van der Waals surface area (Å²) >= 11 is 0. The zero-order valence-electron chi connectivity index (χ0n) is 28.2. The van der Waals surface area contributed by atoms with Crippen LogP contribution < -0.4 is 14.2 Å². The summed E-state index contributed by atoms with van der Waals surface area (Å²) in [5.74, 6) is -2.56. The van der Waals surface area contributed by atoms with Gasteiger partial charge in [-0.25, -0.2) is 0 Å². The van der Waals surface area contributed by atoms with Gasteiger partial charge >= 0.3 is 12.1 Å². The predicted molar refractivity (Wildman–Crippen MR) is 185 cm³/mol. The fourth-order valence-electron chi connectivity index (χ4n) is 7.28. The first kappa shape index (κ1) is 34.6. The lowest BCUT2D eigenvalue weighted by molar-refractivity contribution is -0.190. The van der Waals surface area contributed by atoms with Gasteiger partial charge in [-0.1, -0.05) is 103 Å². The Hall–Kier alpha value is -5.84. The van der Waals surface area contributed by atoms with Crippen molar-refractivity contribution in [3.8, 4) is 17.2 Å². The summed E-state index contributed by atoms with van der Waals surface area (Å²) in [6.45, 7) is 0.0840. The molecule has 52 heavy (non-hydrogen) atoms. The quantitative estimate of drug-likeness (QED) is 0.186. The van der Waals surface area contributed by atoms with E-state index >= 15 is 0 Å². The first-order valence-electron chi connectivity index (χ1n) is 16.8. The molecule has 1 spiro atoms. The van der Waals surface area contributed by atoms with Gasteiger partial charge in [0.2, 0.25) is 11.7 Å². The molecule has 0 N–H and O–H groups in total. The van der Waals surface area contributed by atoms with Crippen LogP contribution in [0.1, 0.15) is 40.4 Å². The molecule has 1 fully saturated rings. The van der Waals surface area contributed by atoms with Crippen molar-refractivity contribution in [1.29, 1.82) is 0 Å². The molecule has 0 aromatic heterocycles. The van der Waals surface area contributed by atoms with Gasteiger partial charge in [-0.3, -0.25) is 19.3 Å². The third kappa shape index (κ3) is 6.54. The third-order valence-corrected chi connectivity index (χ3v) is 9.71. The molecular formula is C41H35F3N2O6. The van der Waals surface area contributed by atoms with Gasteiger partial charge in [0.1, 0.15) is 25.4 Å². The molecule has 4 aromatic carbocycles. The number of amides is 2. The summed E-state index contributed by atoms with van der Waals surface area (Å²) < 4.78 is 62.7. The van der Waals surface area contributed by atoms with Crippen molar-refractivity contribution in [2.45, 2.75) is 49.9 Å². The van der Waals surface area contributed by atoms with E-state index in [4.69, 9.17) is 14.2 Å². The second kappa shape index (κ2) is 14.1. The summed E-state index contributed by atoms with van der Waals surface area (Å²) in [6.07, 6.45) is -0.600. The fourth-order valence-corrected chi connectivity index (χ4v) is 7.28. The van der Waals surface area contributed by atoms with Crippen molar-refractivity contribution >= 4 is 17.6 Å². The number of ether oxygens (including phenoxy) is 3. The molecule has 4 aromatic rings. The van der Waals surface area contributed by atoms with Gasteiger partial charge in [0, 0.05) is 29.5 Å². The van der Waals surface area contributed by atoms with Crippen LogP contribution in [-0.2, 0) is 39.4 Å². The van der Waals surface area contributed by atoms with Crippen LogP contribution in [0.2, 0.25) is 0 Å². The molecule has 7 rings (SSSR count). The number of benzene rings is 4. The number of hydrogen-bond acceptors (Lipinski definition) is 6. The number of hydrogen-bond donors (Lipinski definition) is 0. The SMILES string of the molecule is COc1c(OCc2ccccc2)cc2c(c1OCc1ccccc1)C1(C=CC(=O)C=C1)CCN1C(=O)[C@@H](Cc3ccccc3)N(C(=O)C(F)(F)F)C21. The minimum atomic E-state index is -5.29. The van der Waals surface area contributed by atoms with Crippen LogP contribution in [0, 0.1) is 0 Å². The highest BCUT2D eigenvalue weighted by Gasteiger charge is 2.58. The van der Waals surface area contributed by atoms with Gasteiger partial charge < -0.3 is 19.1 Å². The number of allylic oxidation sites excluding steroid dienone is 4. The summed E-state index contributed by atoms with van der Waals surface area (Å²) in [5.41, 5.74) is 1.64. The molecule has 8 nitrogen and oxygen atoms in total. The highest BCUT2D eigenvalue weighted by Crippen LogP contribution is 2.56. The second-order valence-corrected chi connectivity index (χ2v) is 12.9. The average Bonchev–Trinajstić information content (AvgIpc) is 3.34. The smallest absolute Gasteiger partial charge is 0.471 e. The van der Waals surface area contributed by atoms with Gasteiger partial charge in [0.25, 0.3) is 0 Å². The number of rotatable bonds is 9. The minimum Gasteiger partial charge on any atom is -0.490 e. The maximum absolute atomic E-state index is 14.6. The highest BCUT2D eigenvalue weighted by molar-refractivity contribution is 6.01. The Balaban J connectivity index is 1.47. The zero-order valence-corrected chi connectivity index (χ0v) is 28.2. The molecule has 3 aliphatic rings. The maximum Gasteiger partial charge on any atom is 0.471 e. The molecule has 1 unspecified atom stereocenters. The number of methoxy groups -OCH3 is 1. The Morgan fingerprint density at radius 1 is 0.808 bits per heavy atom. The molecule has 0 radical (unpaired) electrons. The van der Waals surface area contributed by atoms with E-state index in [1.54, 1.807) is 48.6 Å². The third-order valence-electron chi connectivity index (χ3n) is 9.71. The van der Waals surface area contributed by atoms with Crippen molar-refractivity contribution in [1.82, 2.24) is 9.80 Å². The van der Waals surface area contributed by atoms with Crippen molar-refractivity contribution in [3.63, 3.8) is 0 Å². The van der Waals surface area contributed by atoms with Crippen molar-refractivity contribution < 1.29 is 41.8 Å². The van der Waals surface area contributed by atoms with Crippen molar-refractivity contribution in [3.05, 3.63) is 149 Å². The number of alkyl halides is 3. The van der Waals surface area contributed by atoms with Crippen LogP contribution in [-0.4, -0.2) is 53.3 Å². The Morgan fingerprint density at radius 2 is 1.37 bits per heavy atom. The monoisotopic (exact) mass is 708 g/mol. The van der Waals surface area contributed by atoms with Gasteiger partial charge in [0.05, 0.1) is 7.11 Å². The number of fused-ring (bicyclic) bond motifs is 4. The van der Waals surface area contributed by atoms with Gasteiger partial charge in [0.15, 0.2) is 17.3 Å².